The number of rotatable bonds is 1. The second kappa shape index (κ2) is 2.40. The predicted molar refractivity (Wildman–Crippen MR) is 34.4 cm³/mol. The van der Waals surface area contributed by atoms with Crippen LogP contribution >= 0.6 is 11.6 Å². The maximum atomic E-state index is 10.3. The van der Waals surface area contributed by atoms with Crippen molar-refractivity contribution >= 4 is 17.6 Å². The summed E-state index contributed by atoms with van der Waals surface area (Å²) in [7, 11) is 0. The van der Waals surface area contributed by atoms with Crippen molar-refractivity contribution < 1.29 is 9.90 Å². The molecule has 0 aromatic rings. The highest BCUT2D eigenvalue weighted by Crippen LogP contribution is 2.28. The quantitative estimate of drug-likeness (QED) is 0.612. The maximum Gasteiger partial charge on any atom is 0.332 e. The number of aliphatic carboxylic acids is 1. The topological polar surface area (TPSA) is 37.3 Å². The molecule has 3 heteroatoms. The van der Waals surface area contributed by atoms with Crippen LogP contribution < -0.4 is 0 Å². The van der Waals surface area contributed by atoms with Crippen LogP contribution in [0.25, 0.3) is 0 Å². The standard InChI is InChI=1S/C6H7ClO2/c7-5-3-1-2-4(5)6(8)9/h1-3H2,(H,8,9). The summed E-state index contributed by atoms with van der Waals surface area (Å²) >= 11 is 5.57. The van der Waals surface area contributed by atoms with E-state index in [1.807, 2.05) is 0 Å². The average Bonchev–Trinajstić information content (AvgIpc) is 2.13. The zero-order valence-electron chi connectivity index (χ0n) is 4.85. The van der Waals surface area contributed by atoms with Crippen molar-refractivity contribution in [1.82, 2.24) is 0 Å². The first-order chi connectivity index (χ1) is 4.22. The molecule has 0 fully saturated rings. The van der Waals surface area contributed by atoms with Gasteiger partial charge >= 0.3 is 5.97 Å². The minimum absolute atomic E-state index is 0.400. The summed E-state index contributed by atoms with van der Waals surface area (Å²) in [5, 5.41) is 8.97. The molecule has 9 heavy (non-hydrogen) atoms. The van der Waals surface area contributed by atoms with Crippen LogP contribution in [0.1, 0.15) is 19.3 Å². The second-order valence-corrected chi connectivity index (χ2v) is 2.50. The van der Waals surface area contributed by atoms with Gasteiger partial charge in [0.1, 0.15) is 0 Å². The van der Waals surface area contributed by atoms with Gasteiger partial charge in [-0.3, -0.25) is 0 Å². The monoisotopic (exact) mass is 146 g/mol. The SMILES string of the molecule is O=C(O)C1=C(Cl)CCC1. The first-order valence-corrected chi connectivity index (χ1v) is 3.20. The second-order valence-electron chi connectivity index (χ2n) is 2.04. The maximum absolute atomic E-state index is 10.3. The number of carboxylic acid groups (broad SMARTS) is 1. The molecule has 0 heterocycles. The molecule has 0 spiro atoms. The Labute approximate surface area is 58.1 Å². The van der Waals surface area contributed by atoms with Crippen molar-refractivity contribution in [2.24, 2.45) is 0 Å². The lowest BCUT2D eigenvalue weighted by Gasteiger charge is -1.90. The van der Waals surface area contributed by atoms with Crippen LogP contribution in [0.15, 0.2) is 10.6 Å². The van der Waals surface area contributed by atoms with E-state index in [2.05, 4.69) is 0 Å². The number of carboxylic acids is 1. The zero-order chi connectivity index (χ0) is 6.85. The molecule has 0 saturated carbocycles. The van der Waals surface area contributed by atoms with Crippen LogP contribution in [-0.2, 0) is 4.79 Å². The summed E-state index contributed by atoms with van der Waals surface area (Å²) in [6.07, 6.45) is 2.26. The Morgan fingerprint density at radius 1 is 1.56 bits per heavy atom. The molecule has 0 saturated heterocycles. The molecule has 1 N–H and O–H groups in total. The molecule has 0 unspecified atom stereocenters. The minimum Gasteiger partial charge on any atom is -0.478 e. The highest BCUT2D eigenvalue weighted by molar-refractivity contribution is 6.31. The lowest BCUT2D eigenvalue weighted by molar-refractivity contribution is -0.132. The Balaban J connectivity index is 2.78. The third-order valence-corrected chi connectivity index (χ3v) is 1.83. The van der Waals surface area contributed by atoms with E-state index in [1.165, 1.54) is 0 Å². The van der Waals surface area contributed by atoms with Gasteiger partial charge in [0.05, 0.1) is 5.57 Å². The van der Waals surface area contributed by atoms with Crippen LogP contribution in [0.5, 0.6) is 0 Å². The molecule has 0 aromatic carbocycles. The number of hydrogen-bond donors (Lipinski definition) is 1. The van der Waals surface area contributed by atoms with E-state index in [-0.39, 0.29) is 0 Å². The van der Waals surface area contributed by atoms with Gasteiger partial charge in [-0.25, -0.2) is 4.79 Å². The van der Waals surface area contributed by atoms with Gasteiger partial charge in [-0.05, 0) is 19.3 Å². The molecule has 2 nitrogen and oxygen atoms in total. The van der Waals surface area contributed by atoms with Crippen LogP contribution in [-0.4, -0.2) is 11.1 Å². The van der Waals surface area contributed by atoms with Crippen LogP contribution in [0, 0.1) is 0 Å². The van der Waals surface area contributed by atoms with E-state index >= 15 is 0 Å². The highest BCUT2D eigenvalue weighted by Gasteiger charge is 2.17. The van der Waals surface area contributed by atoms with Crippen molar-refractivity contribution in [2.45, 2.75) is 19.3 Å². The van der Waals surface area contributed by atoms with Crippen molar-refractivity contribution in [3.8, 4) is 0 Å². The summed E-state index contributed by atoms with van der Waals surface area (Å²) in [6, 6.07) is 0. The number of allylic oxidation sites excluding steroid dienone is 1. The molecular weight excluding hydrogens is 140 g/mol. The summed E-state index contributed by atoms with van der Waals surface area (Å²) in [5.74, 6) is -0.863. The van der Waals surface area contributed by atoms with Crippen molar-refractivity contribution in [2.75, 3.05) is 0 Å². The molecule has 1 aliphatic rings. The number of carbonyl (C=O) groups is 1. The first kappa shape index (κ1) is 6.62. The van der Waals surface area contributed by atoms with Gasteiger partial charge in [-0.15, -0.1) is 0 Å². The normalized spacial score (nSPS) is 18.8. The van der Waals surface area contributed by atoms with Crippen molar-refractivity contribution in [3.63, 3.8) is 0 Å². The molecule has 1 aliphatic carbocycles. The molecule has 1 rings (SSSR count). The van der Waals surface area contributed by atoms with Crippen molar-refractivity contribution in [1.29, 1.82) is 0 Å². The molecule has 0 amide bonds. The molecule has 0 atom stereocenters. The first-order valence-electron chi connectivity index (χ1n) is 2.82. The van der Waals surface area contributed by atoms with E-state index in [1.54, 1.807) is 0 Å². The Morgan fingerprint density at radius 3 is 2.44 bits per heavy atom. The Hall–Kier alpha value is -0.500. The summed E-state index contributed by atoms with van der Waals surface area (Å²) < 4.78 is 0. The van der Waals surface area contributed by atoms with Crippen molar-refractivity contribution in [3.05, 3.63) is 10.6 Å². The van der Waals surface area contributed by atoms with Gasteiger partial charge in [0.25, 0.3) is 0 Å². The van der Waals surface area contributed by atoms with E-state index in [0.717, 1.165) is 12.8 Å². The van der Waals surface area contributed by atoms with E-state index in [4.69, 9.17) is 16.7 Å². The van der Waals surface area contributed by atoms with Gasteiger partial charge < -0.3 is 5.11 Å². The Morgan fingerprint density at radius 2 is 2.22 bits per heavy atom. The lowest BCUT2D eigenvalue weighted by Crippen LogP contribution is -1.97. The highest BCUT2D eigenvalue weighted by atomic mass is 35.5. The van der Waals surface area contributed by atoms with Crippen LogP contribution in [0.2, 0.25) is 0 Å². The van der Waals surface area contributed by atoms with E-state index < -0.39 is 5.97 Å². The lowest BCUT2D eigenvalue weighted by atomic mass is 10.2. The largest absolute Gasteiger partial charge is 0.478 e. The third kappa shape index (κ3) is 1.24. The van der Waals surface area contributed by atoms with E-state index in [9.17, 15) is 4.79 Å². The molecule has 0 bridgehead atoms. The van der Waals surface area contributed by atoms with Gasteiger partial charge in [-0.1, -0.05) is 11.6 Å². The summed E-state index contributed by atoms with van der Waals surface area (Å²) in [4.78, 5) is 10.3. The van der Waals surface area contributed by atoms with Gasteiger partial charge in [0.2, 0.25) is 0 Å². The Kier molecular flexibility index (Phi) is 1.76. The average molecular weight is 147 g/mol. The molecule has 0 aliphatic heterocycles. The molecule has 0 aromatic heterocycles. The fraction of sp³-hybridized carbons (Fsp3) is 0.500. The molecule has 50 valence electrons. The number of hydrogen-bond acceptors (Lipinski definition) is 1. The fourth-order valence-corrected chi connectivity index (χ4v) is 1.24. The smallest absolute Gasteiger partial charge is 0.332 e. The molecule has 0 radical (unpaired) electrons. The van der Waals surface area contributed by atoms with Gasteiger partial charge in [-0.2, -0.15) is 0 Å². The van der Waals surface area contributed by atoms with Crippen LogP contribution in [0.3, 0.4) is 0 Å². The Bertz CT molecular complexity index is 172. The van der Waals surface area contributed by atoms with E-state index in [0.29, 0.717) is 17.0 Å². The number of halogens is 1. The summed E-state index contributed by atoms with van der Waals surface area (Å²) in [5.41, 5.74) is 0.400. The third-order valence-electron chi connectivity index (χ3n) is 1.41. The predicted octanol–water partition coefficient (Wildman–Crippen LogP) is 1.75. The zero-order valence-corrected chi connectivity index (χ0v) is 5.61. The fourth-order valence-electron chi connectivity index (χ4n) is 0.930. The van der Waals surface area contributed by atoms with Gasteiger partial charge in [0.15, 0.2) is 0 Å². The van der Waals surface area contributed by atoms with Crippen LogP contribution in [0.4, 0.5) is 0 Å². The van der Waals surface area contributed by atoms with Gasteiger partial charge in [0, 0.05) is 5.03 Å². The summed E-state index contributed by atoms with van der Waals surface area (Å²) in [6.45, 7) is 0. The minimum atomic E-state index is -0.863. The molecular formula is C6H7ClO2.